The first-order valence-corrected chi connectivity index (χ1v) is 23.0. The summed E-state index contributed by atoms with van der Waals surface area (Å²) < 4.78 is 41.6. The van der Waals surface area contributed by atoms with Crippen molar-refractivity contribution >= 4 is 31.3 Å². The number of ether oxygens (including phenoxy) is 4. The Balaban J connectivity index is 1.23. The number of nitriles is 1. The molecule has 1 saturated heterocycles. The Morgan fingerprint density at radius 1 is 0.746 bits per heavy atom. The predicted octanol–water partition coefficient (Wildman–Crippen LogP) is 11.9. The van der Waals surface area contributed by atoms with Gasteiger partial charge in [0.15, 0.2) is 0 Å². The maximum absolute atomic E-state index is 9.46. The summed E-state index contributed by atoms with van der Waals surface area (Å²) in [5.74, 6) is 1.50. The molecule has 2 heterocycles. The predicted molar refractivity (Wildman–Crippen MR) is 252 cm³/mol. The van der Waals surface area contributed by atoms with Gasteiger partial charge in [-0.3, -0.25) is 9.98 Å². The lowest BCUT2D eigenvalue weighted by molar-refractivity contribution is -0.0806. The van der Waals surface area contributed by atoms with Crippen molar-refractivity contribution in [3.05, 3.63) is 156 Å². The minimum Gasteiger partial charge on any atom is -0.497 e. The van der Waals surface area contributed by atoms with E-state index in [2.05, 4.69) is 99.1 Å². The van der Waals surface area contributed by atoms with E-state index in [9.17, 15) is 5.26 Å². The zero-order valence-corrected chi connectivity index (χ0v) is 38.1. The van der Waals surface area contributed by atoms with Crippen LogP contribution in [0.3, 0.4) is 0 Å². The second-order valence-corrected chi connectivity index (χ2v) is 17.8. The Morgan fingerprint density at radius 3 is 1.87 bits per heavy atom. The smallest absolute Gasteiger partial charge is 0.259 e. The molecule has 0 amide bonds. The topological polar surface area (TPSA) is 107 Å². The second-order valence-electron chi connectivity index (χ2n) is 16.3. The van der Waals surface area contributed by atoms with Gasteiger partial charge in [0.25, 0.3) is 8.53 Å². The van der Waals surface area contributed by atoms with Crippen molar-refractivity contribution in [2.24, 2.45) is 9.98 Å². The molecule has 10 nitrogen and oxygen atoms in total. The highest BCUT2D eigenvalue weighted by Crippen LogP contribution is 2.50. The summed E-state index contributed by atoms with van der Waals surface area (Å²) in [6, 6.07) is 47.3. The van der Waals surface area contributed by atoms with Gasteiger partial charge < -0.3 is 28.0 Å². The van der Waals surface area contributed by atoms with E-state index in [0.29, 0.717) is 19.3 Å². The van der Waals surface area contributed by atoms with Crippen molar-refractivity contribution < 1.29 is 28.0 Å². The molecule has 2 aliphatic rings. The quantitative estimate of drug-likeness (QED) is 0.0432. The van der Waals surface area contributed by atoms with Crippen molar-refractivity contribution in [3.63, 3.8) is 0 Å². The second kappa shape index (κ2) is 21.9. The molecule has 0 aliphatic carbocycles. The van der Waals surface area contributed by atoms with E-state index in [4.69, 9.17) is 38.0 Å². The van der Waals surface area contributed by atoms with Gasteiger partial charge in [-0.05, 0) is 99.2 Å². The van der Waals surface area contributed by atoms with Crippen LogP contribution in [0.2, 0.25) is 0 Å². The molecule has 0 saturated carbocycles. The van der Waals surface area contributed by atoms with Crippen LogP contribution < -0.4 is 9.47 Å². The van der Waals surface area contributed by atoms with Gasteiger partial charge in [-0.1, -0.05) is 97.1 Å². The SMILES string of the molecule is COc1ccc(C(OC[C@H]2O[C@@H](CCC3=Nc4ccccc4N=C(c4ccccc4)C3)C[C@@H]2OP(OCCC#N)N(C(C)C)C(C)C)(c2ccccc2)c2ccc(OC)cc2)cc1. The van der Waals surface area contributed by atoms with E-state index in [0.717, 1.165) is 63.0 Å². The summed E-state index contributed by atoms with van der Waals surface area (Å²) in [7, 11) is 1.78. The lowest BCUT2D eigenvalue weighted by Gasteiger charge is -2.39. The van der Waals surface area contributed by atoms with Crippen LogP contribution in [0.4, 0.5) is 11.4 Å². The molecule has 1 unspecified atom stereocenters. The van der Waals surface area contributed by atoms with Crippen LogP contribution in [0.15, 0.2) is 143 Å². The third-order valence-electron chi connectivity index (χ3n) is 11.5. The molecule has 11 heteroatoms. The first kappa shape index (κ1) is 45.8. The first-order chi connectivity index (χ1) is 30.7. The van der Waals surface area contributed by atoms with Crippen molar-refractivity contribution in [1.29, 1.82) is 5.26 Å². The van der Waals surface area contributed by atoms with Crippen LogP contribution in [0.5, 0.6) is 11.5 Å². The van der Waals surface area contributed by atoms with E-state index < -0.39 is 20.2 Å². The molecule has 63 heavy (non-hydrogen) atoms. The van der Waals surface area contributed by atoms with Crippen LogP contribution in [-0.4, -0.2) is 73.9 Å². The Bertz CT molecular complexity index is 2260. The highest BCUT2D eigenvalue weighted by Gasteiger charge is 2.44. The van der Waals surface area contributed by atoms with E-state index in [1.807, 2.05) is 72.8 Å². The highest BCUT2D eigenvalue weighted by molar-refractivity contribution is 7.44. The highest BCUT2D eigenvalue weighted by atomic mass is 31.2. The molecule has 0 aromatic heterocycles. The minimum absolute atomic E-state index is 0.137. The maximum atomic E-state index is 9.46. The lowest BCUT2D eigenvalue weighted by Crippen LogP contribution is -2.39. The molecule has 0 radical (unpaired) electrons. The molecule has 0 spiro atoms. The molecule has 5 aromatic rings. The van der Waals surface area contributed by atoms with Crippen LogP contribution >= 0.6 is 8.53 Å². The Morgan fingerprint density at radius 2 is 1.30 bits per heavy atom. The largest absolute Gasteiger partial charge is 0.497 e. The zero-order chi connectivity index (χ0) is 44.2. The van der Waals surface area contributed by atoms with Crippen molar-refractivity contribution in [2.45, 2.75) is 95.8 Å². The average Bonchev–Trinajstić information content (AvgIpc) is 3.59. The molecule has 328 valence electrons. The van der Waals surface area contributed by atoms with Crippen LogP contribution in [0, 0.1) is 11.3 Å². The zero-order valence-electron chi connectivity index (χ0n) is 37.2. The first-order valence-electron chi connectivity index (χ1n) is 21.9. The molecular weight excluding hydrogens is 808 g/mol. The fourth-order valence-corrected chi connectivity index (χ4v) is 10.2. The van der Waals surface area contributed by atoms with E-state index in [-0.39, 0.29) is 43.9 Å². The third kappa shape index (κ3) is 11.1. The number of hydrogen-bond donors (Lipinski definition) is 0. The van der Waals surface area contributed by atoms with Crippen molar-refractivity contribution in [3.8, 4) is 17.6 Å². The number of aliphatic imine (C=N–C) groups is 2. The van der Waals surface area contributed by atoms with Crippen molar-refractivity contribution in [2.75, 3.05) is 27.4 Å². The van der Waals surface area contributed by atoms with Crippen molar-refractivity contribution in [1.82, 2.24) is 4.67 Å². The minimum atomic E-state index is -1.56. The molecule has 1 fully saturated rings. The van der Waals surface area contributed by atoms with Gasteiger partial charge in [0.2, 0.25) is 0 Å². The van der Waals surface area contributed by atoms with Gasteiger partial charge in [-0.25, -0.2) is 4.67 Å². The third-order valence-corrected chi connectivity index (χ3v) is 13.6. The van der Waals surface area contributed by atoms with E-state index in [1.165, 1.54) is 0 Å². The molecule has 0 bridgehead atoms. The number of nitrogens with zero attached hydrogens (tertiary/aromatic N) is 4. The Hall–Kier alpha value is -5.24. The average molecular weight is 867 g/mol. The number of benzene rings is 5. The normalized spacial score (nSPS) is 18.1. The fourth-order valence-electron chi connectivity index (χ4n) is 8.45. The van der Waals surface area contributed by atoms with E-state index in [1.54, 1.807) is 14.2 Å². The summed E-state index contributed by atoms with van der Waals surface area (Å²) in [4.78, 5) is 10.3. The Kier molecular flexibility index (Phi) is 15.9. The summed E-state index contributed by atoms with van der Waals surface area (Å²) in [6.07, 6.45) is 1.99. The van der Waals surface area contributed by atoms with Gasteiger partial charge in [-0.2, -0.15) is 5.26 Å². The molecule has 7 rings (SSSR count). The maximum Gasteiger partial charge on any atom is 0.259 e. The standard InChI is InChI=1S/C52H59N4O6P/c1-37(2)56(38(3)4)63(60-33-15-32-53)62-50-35-46(31-26-43-34-49(39-16-9-7-10-17-39)55-48-21-14-13-20-47(48)54-43)61-51(50)36-59-52(40-18-11-8-12-19-40,41-22-27-44(57-5)28-23-41)42-24-29-45(58-6)30-25-42/h7-14,16-25,27-30,37-38,46,50-51H,15,26,31,33-36H2,1-6H3/t46-,50-,51+,63?/m0/s1. The molecule has 4 atom stereocenters. The summed E-state index contributed by atoms with van der Waals surface area (Å²) in [5, 5.41) is 9.46. The van der Waals surface area contributed by atoms with Crippen LogP contribution in [0.25, 0.3) is 0 Å². The number of methoxy groups -OCH3 is 2. The number of rotatable bonds is 20. The Labute approximate surface area is 374 Å². The lowest BCUT2D eigenvalue weighted by atomic mass is 9.80. The monoisotopic (exact) mass is 866 g/mol. The molecular formula is C52H59N4O6P. The summed E-state index contributed by atoms with van der Waals surface area (Å²) in [6.45, 7) is 9.08. The fraction of sp³-hybridized carbons (Fsp3) is 0.365. The van der Waals surface area contributed by atoms with Crippen LogP contribution in [0.1, 0.15) is 82.1 Å². The summed E-state index contributed by atoms with van der Waals surface area (Å²) in [5.41, 5.74) is 6.66. The number of fused-ring (bicyclic) bond motifs is 1. The number of hydrogen-bond acceptors (Lipinski definition) is 10. The molecule has 2 aliphatic heterocycles. The van der Waals surface area contributed by atoms with Gasteiger partial charge in [-0.15, -0.1) is 0 Å². The molecule has 0 N–H and O–H groups in total. The number of para-hydroxylation sites is 2. The van der Waals surface area contributed by atoms with Crippen LogP contribution in [-0.2, 0) is 24.1 Å². The van der Waals surface area contributed by atoms with E-state index >= 15 is 0 Å². The summed E-state index contributed by atoms with van der Waals surface area (Å²) >= 11 is 0. The van der Waals surface area contributed by atoms with Gasteiger partial charge in [0.1, 0.15) is 23.2 Å². The van der Waals surface area contributed by atoms with Gasteiger partial charge in [0.05, 0.1) is 69.2 Å². The van der Waals surface area contributed by atoms with Gasteiger partial charge in [0, 0.05) is 30.6 Å². The molecule has 5 aromatic carbocycles. The van der Waals surface area contributed by atoms with Gasteiger partial charge >= 0.3 is 0 Å².